The van der Waals surface area contributed by atoms with Crippen LogP contribution in [0.4, 0.5) is 4.79 Å². The summed E-state index contributed by atoms with van der Waals surface area (Å²) in [5.41, 5.74) is 2.26. The fraction of sp³-hybridized carbons (Fsp3) is 0.281. The molecule has 0 unspecified atom stereocenters. The number of fused-ring (bicyclic) bond motifs is 3. The van der Waals surface area contributed by atoms with Gasteiger partial charge in [0, 0.05) is 30.8 Å². The van der Waals surface area contributed by atoms with Gasteiger partial charge in [-0.2, -0.15) is 5.10 Å². The van der Waals surface area contributed by atoms with Gasteiger partial charge in [0.15, 0.2) is 5.82 Å². The van der Waals surface area contributed by atoms with Crippen LogP contribution >= 0.6 is 0 Å². The molecular formula is C32H35N7O4. The lowest BCUT2D eigenvalue weighted by Crippen LogP contribution is -2.46. The van der Waals surface area contributed by atoms with Gasteiger partial charge in [0.25, 0.3) is 5.91 Å². The molecule has 0 radical (unpaired) electrons. The number of hydrogen-bond acceptors (Lipinski definition) is 6. The lowest BCUT2D eigenvalue weighted by Gasteiger charge is -2.24. The minimum atomic E-state index is -0.492. The van der Waals surface area contributed by atoms with E-state index in [1.54, 1.807) is 28.9 Å². The van der Waals surface area contributed by atoms with Crippen LogP contribution in [0.25, 0.3) is 11.4 Å². The van der Waals surface area contributed by atoms with E-state index in [1.165, 1.54) is 4.90 Å². The third-order valence-corrected chi connectivity index (χ3v) is 6.96. The average Bonchev–Trinajstić information content (AvgIpc) is 3.46. The van der Waals surface area contributed by atoms with Crippen LogP contribution in [-0.4, -0.2) is 63.8 Å². The zero-order valence-electron chi connectivity index (χ0n) is 24.0. The zero-order valence-corrected chi connectivity index (χ0v) is 24.0. The molecule has 4 amide bonds. The maximum absolute atomic E-state index is 13.2. The Labute approximate surface area is 250 Å². The van der Waals surface area contributed by atoms with Crippen molar-refractivity contribution in [3.63, 3.8) is 0 Å². The summed E-state index contributed by atoms with van der Waals surface area (Å²) in [6.45, 7) is 3.23. The fourth-order valence-corrected chi connectivity index (χ4v) is 4.76. The molecule has 11 heteroatoms. The van der Waals surface area contributed by atoms with Crippen molar-refractivity contribution < 1.29 is 19.1 Å². The number of hydrogen-bond donors (Lipinski definition) is 3. The molecule has 1 aliphatic rings. The van der Waals surface area contributed by atoms with Crippen molar-refractivity contribution in [1.82, 2.24) is 35.6 Å². The summed E-state index contributed by atoms with van der Waals surface area (Å²) in [7, 11) is 0. The summed E-state index contributed by atoms with van der Waals surface area (Å²) in [6.07, 6.45) is 0.457. The Balaban J connectivity index is 1.38. The first-order valence-corrected chi connectivity index (χ1v) is 14.3. The lowest BCUT2D eigenvalue weighted by atomic mass is 10.2. The molecule has 0 saturated carbocycles. The van der Waals surface area contributed by atoms with Gasteiger partial charge in [-0.05, 0) is 37.1 Å². The Bertz CT molecular complexity index is 1540. The summed E-state index contributed by atoms with van der Waals surface area (Å²) >= 11 is 0. The molecule has 1 atom stereocenters. The third kappa shape index (κ3) is 7.97. The lowest BCUT2D eigenvalue weighted by molar-refractivity contribution is -0.122. The highest BCUT2D eigenvalue weighted by Gasteiger charge is 2.22. The Morgan fingerprint density at radius 1 is 0.977 bits per heavy atom. The van der Waals surface area contributed by atoms with Crippen molar-refractivity contribution in [3.05, 3.63) is 102 Å². The van der Waals surface area contributed by atoms with Crippen molar-refractivity contribution in [2.24, 2.45) is 0 Å². The number of benzene rings is 3. The fourth-order valence-electron chi connectivity index (χ4n) is 4.76. The van der Waals surface area contributed by atoms with Crippen LogP contribution in [0.3, 0.4) is 0 Å². The van der Waals surface area contributed by atoms with Gasteiger partial charge in [0.05, 0.1) is 12.6 Å². The standard InChI is InChI=1S/C32H35N7O4/c1-23-30-36-29(25-12-6-3-7-13-25)37-39(30)18-19-43-27-15-8-14-26(20-27)31(41)33-16-9-17-38(22-28(40)35-23)32(42)34-21-24-10-4-2-5-11-24/h2-8,10-15,20,23H,9,16-19,21-22H2,1H3,(H,33,41)(H,34,42)(H,35,40)/t23-/m0/s1. The van der Waals surface area contributed by atoms with Crippen LogP contribution in [0, 0.1) is 0 Å². The van der Waals surface area contributed by atoms with E-state index >= 15 is 0 Å². The quantitative estimate of drug-likeness (QED) is 0.339. The molecule has 5 rings (SSSR count). The summed E-state index contributed by atoms with van der Waals surface area (Å²) in [5, 5.41) is 13.5. The maximum atomic E-state index is 13.2. The number of aromatic nitrogens is 3. The number of urea groups is 1. The Morgan fingerprint density at radius 2 is 1.72 bits per heavy atom. The van der Waals surface area contributed by atoms with Gasteiger partial charge < -0.3 is 25.6 Å². The number of carbonyl (C=O) groups excluding carboxylic acids is 3. The molecule has 43 heavy (non-hydrogen) atoms. The molecule has 1 aromatic heterocycles. The van der Waals surface area contributed by atoms with Crippen LogP contribution in [0.1, 0.15) is 41.1 Å². The second-order valence-electron chi connectivity index (χ2n) is 10.2. The van der Waals surface area contributed by atoms with Crippen molar-refractivity contribution >= 4 is 17.8 Å². The molecule has 0 spiro atoms. The molecule has 1 aliphatic heterocycles. The van der Waals surface area contributed by atoms with E-state index in [-0.39, 0.29) is 37.5 Å². The molecule has 2 bridgehead atoms. The van der Waals surface area contributed by atoms with Gasteiger partial charge >= 0.3 is 6.03 Å². The number of carbonyl (C=O) groups is 3. The van der Waals surface area contributed by atoms with Crippen molar-refractivity contribution in [3.8, 4) is 17.1 Å². The van der Waals surface area contributed by atoms with Gasteiger partial charge in [-0.25, -0.2) is 14.5 Å². The van der Waals surface area contributed by atoms with Crippen LogP contribution < -0.4 is 20.7 Å². The number of nitrogens with zero attached hydrogens (tertiary/aromatic N) is 4. The van der Waals surface area contributed by atoms with Crippen LogP contribution in [0.2, 0.25) is 0 Å². The van der Waals surface area contributed by atoms with Gasteiger partial charge in [-0.1, -0.05) is 66.7 Å². The minimum Gasteiger partial charge on any atom is -0.492 e. The van der Waals surface area contributed by atoms with Crippen molar-refractivity contribution in [2.45, 2.75) is 32.5 Å². The Kier molecular flexibility index (Phi) is 9.63. The highest BCUT2D eigenvalue weighted by molar-refractivity contribution is 5.94. The Morgan fingerprint density at radius 3 is 2.51 bits per heavy atom. The van der Waals surface area contributed by atoms with Crippen LogP contribution in [0.15, 0.2) is 84.9 Å². The smallest absolute Gasteiger partial charge is 0.318 e. The number of amides is 4. The third-order valence-electron chi connectivity index (χ3n) is 6.96. The van der Waals surface area contributed by atoms with E-state index in [1.807, 2.05) is 67.6 Å². The summed E-state index contributed by atoms with van der Waals surface area (Å²) in [6, 6.07) is 25.3. The van der Waals surface area contributed by atoms with E-state index in [0.29, 0.717) is 49.0 Å². The van der Waals surface area contributed by atoms with Gasteiger partial charge in [-0.15, -0.1) is 0 Å². The number of nitrogens with one attached hydrogen (secondary N) is 3. The van der Waals surface area contributed by atoms with Crippen molar-refractivity contribution in [2.75, 3.05) is 26.2 Å². The van der Waals surface area contributed by atoms with Gasteiger partial charge in [0.2, 0.25) is 5.91 Å². The first-order chi connectivity index (χ1) is 21.0. The predicted molar refractivity (Wildman–Crippen MR) is 161 cm³/mol. The second kappa shape index (κ2) is 14.1. The molecule has 222 valence electrons. The molecule has 0 fully saturated rings. The van der Waals surface area contributed by atoms with E-state index in [0.717, 1.165) is 11.1 Å². The van der Waals surface area contributed by atoms with Gasteiger partial charge in [-0.3, -0.25) is 9.59 Å². The highest BCUT2D eigenvalue weighted by Crippen LogP contribution is 2.20. The van der Waals surface area contributed by atoms with E-state index in [4.69, 9.17) is 14.8 Å². The first kappa shape index (κ1) is 29.3. The topological polar surface area (TPSA) is 130 Å². The summed E-state index contributed by atoms with van der Waals surface area (Å²) < 4.78 is 7.68. The van der Waals surface area contributed by atoms with Crippen molar-refractivity contribution in [1.29, 1.82) is 0 Å². The number of rotatable bonds is 3. The molecule has 3 aromatic carbocycles. The SMILES string of the molecule is C[C@@H]1NC(=O)CN(C(=O)NCc2ccccc2)CCCNC(=O)c2cccc(c2)OCCn2nc(-c3ccccc3)nc21. The summed E-state index contributed by atoms with van der Waals surface area (Å²) in [5.74, 6) is 1.06. The Hall–Kier alpha value is -5.19. The van der Waals surface area contributed by atoms with E-state index in [2.05, 4.69) is 16.0 Å². The number of ether oxygens (including phenoxy) is 1. The zero-order chi connectivity index (χ0) is 30.0. The average molecular weight is 582 g/mol. The van der Waals surface area contributed by atoms with Crippen LogP contribution in [0.5, 0.6) is 5.75 Å². The first-order valence-electron chi connectivity index (χ1n) is 14.3. The molecule has 0 aliphatic carbocycles. The van der Waals surface area contributed by atoms with Gasteiger partial charge in [0.1, 0.15) is 24.7 Å². The van der Waals surface area contributed by atoms with E-state index < -0.39 is 6.04 Å². The predicted octanol–water partition coefficient (Wildman–Crippen LogP) is 3.55. The molecule has 3 N–H and O–H groups in total. The molecular weight excluding hydrogens is 546 g/mol. The molecule has 2 heterocycles. The summed E-state index contributed by atoms with van der Waals surface area (Å²) in [4.78, 5) is 45.4. The molecule has 0 saturated heterocycles. The molecule has 11 nitrogen and oxygen atoms in total. The van der Waals surface area contributed by atoms with E-state index in [9.17, 15) is 14.4 Å². The highest BCUT2D eigenvalue weighted by atomic mass is 16.5. The molecule has 4 aromatic rings. The normalized spacial score (nSPS) is 16.5. The second-order valence-corrected chi connectivity index (χ2v) is 10.2. The maximum Gasteiger partial charge on any atom is 0.318 e. The largest absolute Gasteiger partial charge is 0.492 e. The minimum absolute atomic E-state index is 0.163. The van der Waals surface area contributed by atoms with Crippen LogP contribution in [-0.2, 0) is 17.9 Å². The monoisotopic (exact) mass is 581 g/mol.